The van der Waals surface area contributed by atoms with Crippen molar-refractivity contribution in [2.45, 2.75) is 19.9 Å². The first-order valence-corrected chi connectivity index (χ1v) is 6.18. The molecule has 2 aromatic heterocycles. The van der Waals surface area contributed by atoms with Crippen LogP contribution in [0.5, 0.6) is 0 Å². The average molecular weight is 258 g/mol. The minimum atomic E-state index is 0.0907. The smallest absolute Gasteiger partial charge is 0.227 e. The van der Waals surface area contributed by atoms with Crippen molar-refractivity contribution in [3.8, 4) is 0 Å². The number of likely N-dealkylation sites (N-methyl/N-ethyl adjacent to an activating group) is 1. The summed E-state index contributed by atoms with van der Waals surface area (Å²) >= 11 is 0. The Balaban J connectivity index is 1.98. The van der Waals surface area contributed by atoms with Crippen LogP contribution < -0.4 is 0 Å². The van der Waals surface area contributed by atoms with Crippen LogP contribution in [0.3, 0.4) is 0 Å². The van der Waals surface area contributed by atoms with Gasteiger partial charge in [0.05, 0.1) is 12.6 Å². The zero-order valence-electron chi connectivity index (χ0n) is 11.5. The fraction of sp³-hybridized carbons (Fsp3) is 0.357. The number of carbonyl (C=O) groups excluding carboxylic acids is 1. The van der Waals surface area contributed by atoms with Crippen LogP contribution in [-0.4, -0.2) is 32.6 Å². The number of nitrogens with zero attached hydrogens (tertiary/aromatic N) is 4. The van der Waals surface area contributed by atoms with E-state index in [2.05, 4.69) is 10.1 Å². The van der Waals surface area contributed by atoms with Crippen LogP contribution in [0.15, 0.2) is 30.7 Å². The van der Waals surface area contributed by atoms with E-state index in [-0.39, 0.29) is 5.91 Å². The highest BCUT2D eigenvalue weighted by Gasteiger charge is 2.13. The van der Waals surface area contributed by atoms with E-state index in [1.165, 1.54) is 0 Å². The normalized spacial score (nSPS) is 10.5. The van der Waals surface area contributed by atoms with Gasteiger partial charge in [0.15, 0.2) is 0 Å². The molecule has 2 rings (SSSR count). The molecule has 0 aliphatic heterocycles. The van der Waals surface area contributed by atoms with Crippen molar-refractivity contribution in [1.29, 1.82) is 0 Å². The number of aryl methyl sites for hydroxylation is 1. The molecule has 0 aromatic carbocycles. The molecule has 0 saturated carbocycles. The summed E-state index contributed by atoms with van der Waals surface area (Å²) in [5.74, 6) is 0.0907. The van der Waals surface area contributed by atoms with Gasteiger partial charge in [-0.15, -0.1) is 0 Å². The van der Waals surface area contributed by atoms with Gasteiger partial charge in [-0.05, 0) is 24.6 Å². The maximum atomic E-state index is 12.2. The second-order valence-electron chi connectivity index (χ2n) is 4.66. The van der Waals surface area contributed by atoms with E-state index < -0.39 is 0 Å². The molecule has 100 valence electrons. The minimum Gasteiger partial charge on any atom is -0.341 e. The largest absolute Gasteiger partial charge is 0.341 e. The predicted molar refractivity (Wildman–Crippen MR) is 72.4 cm³/mol. The molecule has 0 N–H and O–H groups in total. The van der Waals surface area contributed by atoms with E-state index in [9.17, 15) is 4.79 Å². The van der Waals surface area contributed by atoms with Crippen LogP contribution in [0, 0.1) is 6.92 Å². The molecule has 1 amide bonds. The molecule has 0 unspecified atom stereocenters. The van der Waals surface area contributed by atoms with Crippen molar-refractivity contribution >= 4 is 5.91 Å². The molecule has 0 aliphatic rings. The Labute approximate surface area is 112 Å². The van der Waals surface area contributed by atoms with Gasteiger partial charge >= 0.3 is 0 Å². The molecule has 0 aliphatic carbocycles. The van der Waals surface area contributed by atoms with Crippen LogP contribution in [0.4, 0.5) is 0 Å². The van der Waals surface area contributed by atoms with Crippen LogP contribution in [0.25, 0.3) is 0 Å². The molecular formula is C14H18N4O. The molecule has 5 heteroatoms. The van der Waals surface area contributed by atoms with Crippen molar-refractivity contribution in [3.63, 3.8) is 0 Å². The third kappa shape index (κ3) is 3.19. The van der Waals surface area contributed by atoms with Gasteiger partial charge in [0.25, 0.3) is 0 Å². The lowest BCUT2D eigenvalue weighted by Gasteiger charge is -2.17. The maximum absolute atomic E-state index is 12.2. The summed E-state index contributed by atoms with van der Waals surface area (Å²) in [5.41, 5.74) is 3.09. The van der Waals surface area contributed by atoms with E-state index in [0.717, 1.165) is 16.8 Å². The average Bonchev–Trinajstić information content (AvgIpc) is 2.72. The molecule has 5 nitrogen and oxygen atoms in total. The molecule has 19 heavy (non-hydrogen) atoms. The second kappa shape index (κ2) is 5.65. The molecule has 0 atom stereocenters. The molecule has 2 heterocycles. The third-order valence-corrected chi connectivity index (χ3v) is 3.27. The van der Waals surface area contributed by atoms with Crippen molar-refractivity contribution in [2.75, 3.05) is 7.05 Å². The first-order valence-electron chi connectivity index (χ1n) is 6.18. The van der Waals surface area contributed by atoms with Crippen LogP contribution in [-0.2, 0) is 24.8 Å². The Hall–Kier alpha value is -2.17. The summed E-state index contributed by atoms with van der Waals surface area (Å²) < 4.78 is 1.78. The van der Waals surface area contributed by atoms with Gasteiger partial charge in [0, 0.05) is 44.3 Å². The second-order valence-corrected chi connectivity index (χ2v) is 4.66. The minimum absolute atomic E-state index is 0.0907. The summed E-state index contributed by atoms with van der Waals surface area (Å²) in [5, 5.41) is 4.15. The van der Waals surface area contributed by atoms with E-state index in [1.54, 1.807) is 28.2 Å². The number of aromatic nitrogens is 3. The zero-order valence-corrected chi connectivity index (χ0v) is 11.5. The summed E-state index contributed by atoms with van der Waals surface area (Å²) in [6.45, 7) is 2.57. The molecule has 0 spiro atoms. The highest BCUT2D eigenvalue weighted by molar-refractivity contribution is 5.78. The van der Waals surface area contributed by atoms with E-state index >= 15 is 0 Å². The van der Waals surface area contributed by atoms with Crippen LogP contribution in [0.1, 0.15) is 16.8 Å². The van der Waals surface area contributed by atoms with Gasteiger partial charge in [-0.25, -0.2) is 0 Å². The molecular weight excluding hydrogens is 240 g/mol. The van der Waals surface area contributed by atoms with Crippen LogP contribution in [0.2, 0.25) is 0 Å². The van der Waals surface area contributed by atoms with Gasteiger partial charge < -0.3 is 4.90 Å². The fourth-order valence-electron chi connectivity index (χ4n) is 1.87. The van der Waals surface area contributed by atoms with Gasteiger partial charge in [-0.1, -0.05) is 0 Å². The van der Waals surface area contributed by atoms with Crippen molar-refractivity contribution in [2.24, 2.45) is 7.05 Å². The zero-order chi connectivity index (χ0) is 13.8. The van der Waals surface area contributed by atoms with Crippen molar-refractivity contribution in [3.05, 3.63) is 47.5 Å². The van der Waals surface area contributed by atoms with Gasteiger partial charge in [-0.2, -0.15) is 5.10 Å². The lowest BCUT2D eigenvalue weighted by atomic mass is 10.1. The quantitative estimate of drug-likeness (QED) is 0.831. The first kappa shape index (κ1) is 13.3. The van der Waals surface area contributed by atoms with E-state index in [1.807, 2.05) is 33.2 Å². The standard InChI is InChI=1S/C14H18N4O/c1-11-13(9-16-18(11)3)8-14(19)17(2)10-12-4-6-15-7-5-12/h4-7,9H,8,10H2,1-3H3. The van der Waals surface area contributed by atoms with Crippen LogP contribution >= 0.6 is 0 Å². The number of pyridine rings is 1. The number of amides is 1. The van der Waals surface area contributed by atoms with Gasteiger partial charge in [-0.3, -0.25) is 14.5 Å². The summed E-state index contributed by atoms with van der Waals surface area (Å²) in [7, 11) is 3.69. The maximum Gasteiger partial charge on any atom is 0.227 e. The Morgan fingerprint density at radius 3 is 2.63 bits per heavy atom. The van der Waals surface area contributed by atoms with Gasteiger partial charge in [0.1, 0.15) is 0 Å². The summed E-state index contributed by atoms with van der Waals surface area (Å²) in [6, 6.07) is 3.83. The van der Waals surface area contributed by atoms with Gasteiger partial charge in [0.2, 0.25) is 5.91 Å². The predicted octanol–water partition coefficient (Wildman–Crippen LogP) is 1.32. The topological polar surface area (TPSA) is 51.0 Å². The Morgan fingerprint density at radius 2 is 2.05 bits per heavy atom. The molecule has 0 fully saturated rings. The summed E-state index contributed by atoms with van der Waals surface area (Å²) in [4.78, 5) is 17.8. The third-order valence-electron chi connectivity index (χ3n) is 3.27. The molecule has 0 saturated heterocycles. The number of hydrogen-bond acceptors (Lipinski definition) is 3. The monoisotopic (exact) mass is 258 g/mol. The number of carbonyl (C=O) groups is 1. The lowest BCUT2D eigenvalue weighted by Crippen LogP contribution is -2.27. The number of rotatable bonds is 4. The highest BCUT2D eigenvalue weighted by Crippen LogP contribution is 2.09. The van der Waals surface area contributed by atoms with E-state index in [4.69, 9.17) is 0 Å². The molecule has 2 aromatic rings. The Kier molecular flexibility index (Phi) is 3.94. The molecule has 0 radical (unpaired) electrons. The van der Waals surface area contributed by atoms with Crippen molar-refractivity contribution in [1.82, 2.24) is 19.7 Å². The fourth-order valence-corrected chi connectivity index (χ4v) is 1.87. The van der Waals surface area contributed by atoms with E-state index in [0.29, 0.717) is 13.0 Å². The first-order chi connectivity index (χ1) is 9.08. The SMILES string of the molecule is Cc1c(CC(=O)N(C)Cc2ccncc2)cnn1C. The number of hydrogen-bond donors (Lipinski definition) is 0. The summed E-state index contributed by atoms with van der Waals surface area (Å²) in [6.07, 6.45) is 5.62. The highest BCUT2D eigenvalue weighted by atomic mass is 16.2. The molecule has 0 bridgehead atoms. The Morgan fingerprint density at radius 1 is 1.37 bits per heavy atom. The Bertz CT molecular complexity index is 562. The lowest BCUT2D eigenvalue weighted by molar-refractivity contribution is -0.129. The van der Waals surface area contributed by atoms with Crippen molar-refractivity contribution < 1.29 is 4.79 Å².